The maximum Gasteiger partial charge on any atom is 0.391 e. The molecule has 0 unspecified atom stereocenters. The van der Waals surface area contributed by atoms with Gasteiger partial charge in [0.1, 0.15) is 5.75 Å². The summed E-state index contributed by atoms with van der Waals surface area (Å²) in [5.74, 6) is 0.514. The molecule has 0 aliphatic carbocycles. The van der Waals surface area contributed by atoms with E-state index < -0.39 is 8.60 Å². The van der Waals surface area contributed by atoms with E-state index in [0.29, 0.717) is 5.75 Å². The predicted molar refractivity (Wildman–Crippen MR) is 206 cm³/mol. The van der Waals surface area contributed by atoms with Gasteiger partial charge >= 0.3 is 8.60 Å². The van der Waals surface area contributed by atoms with Crippen LogP contribution in [0.5, 0.6) is 5.75 Å². The fourth-order valence-electron chi connectivity index (χ4n) is 6.32. The van der Waals surface area contributed by atoms with Gasteiger partial charge in [-0.15, -0.1) is 0 Å². The molecule has 0 fully saturated rings. The second kappa shape index (κ2) is 14.3. The van der Waals surface area contributed by atoms with Crippen LogP contribution in [0.1, 0.15) is 164 Å². The van der Waals surface area contributed by atoms with Crippen molar-refractivity contribution in [1.82, 2.24) is 0 Å². The zero-order valence-electron chi connectivity index (χ0n) is 32.4. The first kappa shape index (κ1) is 39.3. The highest BCUT2D eigenvalue weighted by molar-refractivity contribution is 7.39. The van der Waals surface area contributed by atoms with Crippen LogP contribution < -0.4 is 4.52 Å². The van der Waals surface area contributed by atoms with Gasteiger partial charge in [-0.05, 0) is 110 Å². The fraction of sp³-hybridized carbons (Fsp3) is 0.581. The van der Waals surface area contributed by atoms with E-state index in [4.69, 9.17) is 4.52 Å². The van der Waals surface area contributed by atoms with Gasteiger partial charge in [0, 0.05) is 5.56 Å². The molecule has 47 heavy (non-hydrogen) atoms. The van der Waals surface area contributed by atoms with E-state index in [1.807, 2.05) is 6.07 Å². The minimum atomic E-state index is -2.63. The van der Waals surface area contributed by atoms with Crippen molar-refractivity contribution >= 4 is 8.60 Å². The molecule has 0 saturated heterocycles. The molecule has 0 atom stereocenters. The Bertz CT molecular complexity index is 1540. The molecule has 260 valence electrons. The summed E-state index contributed by atoms with van der Waals surface area (Å²) in [6.07, 6.45) is 4.99. The monoisotopic (exact) mass is 660 g/mol. The Balaban J connectivity index is 2.73. The summed E-state index contributed by atoms with van der Waals surface area (Å²) in [5, 5.41) is 0. The lowest BCUT2D eigenvalue weighted by Crippen LogP contribution is -2.23. The van der Waals surface area contributed by atoms with Gasteiger partial charge in [0.15, 0.2) is 0 Å². The van der Waals surface area contributed by atoms with Crippen LogP contribution in [0.4, 0.5) is 0 Å². The van der Waals surface area contributed by atoms with Crippen LogP contribution in [-0.2, 0) is 27.1 Å². The Morgan fingerprint density at radius 2 is 0.830 bits per heavy atom. The van der Waals surface area contributed by atoms with Gasteiger partial charge in [0.25, 0.3) is 0 Å². The first-order valence-corrected chi connectivity index (χ1v) is 19.1. The molecule has 0 saturated carbocycles. The molecule has 0 bridgehead atoms. The third-order valence-electron chi connectivity index (χ3n) is 12.1. The van der Waals surface area contributed by atoms with Gasteiger partial charge in [-0.3, -0.25) is 0 Å². The van der Waals surface area contributed by atoms with Crippen LogP contribution in [0.2, 0.25) is 0 Å². The summed E-state index contributed by atoms with van der Waals surface area (Å²) in [6, 6.07) is 18.2. The molecule has 0 aliphatic rings. The van der Waals surface area contributed by atoms with Crippen LogP contribution in [0, 0.1) is 0 Å². The van der Waals surface area contributed by atoms with Crippen molar-refractivity contribution in [3.05, 3.63) is 76.3 Å². The predicted octanol–water partition coefficient (Wildman–Crippen LogP) is 13.0. The van der Waals surface area contributed by atoms with E-state index >= 15 is 0 Å². The maximum absolute atomic E-state index is 10.3. The molecule has 3 aromatic rings. The van der Waals surface area contributed by atoms with Crippen LogP contribution in [-0.4, -0.2) is 9.79 Å². The molecular weight excluding hydrogens is 595 g/mol. The van der Waals surface area contributed by atoms with Crippen molar-refractivity contribution in [1.29, 1.82) is 0 Å². The van der Waals surface area contributed by atoms with Gasteiger partial charge in [-0.2, -0.15) is 0 Å². The summed E-state index contributed by atoms with van der Waals surface area (Å²) >= 11 is 0. The van der Waals surface area contributed by atoms with Gasteiger partial charge < -0.3 is 14.3 Å². The normalized spacial score (nSPS) is 13.4. The quantitative estimate of drug-likeness (QED) is 0.169. The fourth-order valence-corrected chi connectivity index (χ4v) is 6.65. The largest absolute Gasteiger partial charge is 0.426 e. The summed E-state index contributed by atoms with van der Waals surface area (Å²) < 4.78 is 6.01. The average molecular weight is 661 g/mol. The van der Waals surface area contributed by atoms with Crippen LogP contribution in [0.3, 0.4) is 0 Å². The van der Waals surface area contributed by atoms with Crippen molar-refractivity contribution in [2.24, 2.45) is 0 Å². The molecule has 0 aromatic heterocycles. The molecular formula is C43H65O3P. The van der Waals surface area contributed by atoms with Crippen LogP contribution in [0.15, 0.2) is 48.5 Å². The van der Waals surface area contributed by atoms with E-state index in [0.717, 1.165) is 48.8 Å². The molecule has 0 radical (unpaired) electrons. The van der Waals surface area contributed by atoms with E-state index in [9.17, 15) is 9.79 Å². The topological polar surface area (TPSA) is 49.7 Å². The lowest BCUT2D eigenvalue weighted by Gasteiger charge is -2.36. The van der Waals surface area contributed by atoms with Crippen molar-refractivity contribution in [2.45, 2.75) is 163 Å². The Morgan fingerprint density at radius 1 is 0.468 bits per heavy atom. The number of hydrogen-bond donors (Lipinski definition) is 2. The van der Waals surface area contributed by atoms with E-state index in [2.05, 4.69) is 146 Å². The molecule has 0 aliphatic heterocycles. The minimum absolute atomic E-state index is 0.0239. The van der Waals surface area contributed by atoms with Gasteiger partial charge in [0.2, 0.25) is 0 Å². The van der Waals surface area contributed by atoms with E-state index in [-0.39, 0.29) is 27.1 Å². The molecule has 0 heterocycles. The number of rotatable bonds is 14. The molecule has 2 N–H and O–H groups in total. The SMILES string of the molecule is CCC(C)(C)c1ccc(-c2c(OP(O)O)ccc(C(C)(C)CC)c2-c2ccc(C(C)(C)CC)cc2C(C)(C)CC)c(C(C)(C)CC)c1. The van der Waals surface area contributed by atoms with Crippen LogP contribution >= 0.6 is 8.60 Å². The zero-order valence-corrected chi connectivity index (χ0v) is 33.3. The highest BCUT2D eigenvalue weighted by Crippen LogP contribution is 2.53. The second-order valence-electron chi connectivity index (χ2n) is 16.9. The Labute approximate surface area is 289 Å². The summed E-state index contributed by atoms with van der Waals surface area (Å²) in [5.41, 5.74) is 10.6. The molecule has 3 rings (SSSR count). The van der Waals surface area contributed by atoms with Gasteiger partial charge in [-0.25, -0.2) is 0 Å². The van der Waals surface area contributed by atoms with E-state index in [1.165, 1.54) is 33.4 Å². The first-order valence-electron chi connectivity index (χ1n) is 18.0. The lowest BCUT2D eigenvalue weighted by molar-refractivity contribution is 0.375. The Kier molecular flexibility index (Phi) is 12.0. The summed E-state index contributed by atoms with van der Waals surface area (Å²) in [4.78, 5) is 20.7. The molecule has 4 heteroatoms. The average Bonchev–Trinajstić information content (AvgIpc) is 3.03. The van der Waals surface area contributed by atoms with E-state index in [1.54, 1.807) is 0 Å². The molecule has 3 nitrogen and oxygen atoms in total. The lowest BCUT2D eigenvalue weighted by atomic mass is 9.68. The molecule has 3 aromatic carbocycles. The molecule has 0 spiro atoms. The third kappa shape index (κ3) is 8.01. The number of benzene rings is 3. The highest BCUT2D eigenvalue weighted by atomic mass is 31.2. The van der Waals surface area contributed by atoms with Crippen molar-refractivity contribution in [3.8, 4) is 28.0 Å². The summed E-state index contributed by atoms with van der Waals surface area (Å²) in [7, 11) is -2.63. The number of hydrogen-bond acceptors (Lipinski definition) is 3. The summed E-state index contributed by atoms with van der Waals surface area (Å²) in [6.45, 7) is 34.6. The highest BCUT2D eigenvalue weighted by Gasteiger charge is 2.35. The van der Waals surface area contributed by atoms with Crippen molar-refractivity contribution in [3.63, 3.8) is 0 Å². The Hall–Kier alpha value is -2.19. The Morgan fingerprint density at radius 3 is 1.19 bits per heavy atom. The zero-order chi connectivity index (χ0) is 35.8. The minimum Gasteiger partial charge on any atom is -0.426 e. The second-order valence-corrected chi connectivity index (χ2v) is 17.6. The van der Waals surface area contributed by atoms with Crippen LogP contribution in [0.25, 0.3) is 22.3 Å². The molecule has 0 amide bonds. The van der Waals surface area contributed by atoms with Crippen molar-refractivity contribution < 1.29 is 14.3 Å². The third-order valence-corrected chi connectivity index (χ3v) is 12.5. The smallest absolute Gasteiger partial charge is 0.391 e. The van der Waals surface area contributed by atoms with Gasteiger partial charge in [-0.1, -0.05) is 146 Å². The maximum atomic E-state index is 10.3. The first-order chi connectivity index (χ1) is 21.6. The van der Waals surface area contributed by atoms with Crippen molar-refractivity contribution in [2.75, 3.05) is 0 Å². The van der Waals surface area contributed by atoms with Gasteiger partial charge in [0.05, 0.1) is 0 Å². The standard InChI is InChI=1S/C43H65O3P/c1-16-39(6,7)29-21-23-31(34(27-29)42(12,13)19-4)37-33(41(10,11)18-3)25-26-36(46-47(44)45)38(37)32-24-22-30(40(8,9)17-2)28-35(32)43(14,15)20-5/h21-28,44-45H,16-20H2,1-15H3.